The Morgan fingerprint density at radius 1 is 0.952 bits per heavy atom. The van der Waals surface area contributed by atoms with Crippen molar-refractivity contribution in [3.8, 4) is 0 Å². The van der Waals surface area contributed by atoms with Crippen molar-refractivity contribution in [2.24, 2.45) is 5.92 Å². The number of halogens is 2. The summed E-state index contributed by atoms with van der Waals surface area (Å²) >= 11 is -0.579. The minimum atomic E-state index is -0.579. The van der Waals surface area contributed by atoms with E-state index in [0.717, 1.165) is 25.7 Å². The van der Waals surface area contributed by atoms with Crippen molar-refractivity contribution in [1.82, 2.24) is 0 Å². The summed E-state index contributed by atoms with van der Waals surface area (Å²) in [6, 6.07) is 0. The molecule has 0 fully saturated rings. The van der Waals surface area contributed by atoms with Crippen molar-refractivity contribution in [2.75, 3.05) is 13.2 Å². The Morgan fingerprint density at radius 3 is 1.76 bits per heavy atom. The van der Waals surface area contributed by atoms with Gasteiger partial charge >= 0.3 is 126 Å². The van der Waals surface area contributed by atoms with Gasteiger partial charge in [-0.1, -0.05) is 0 Å². The van der Waals surface area contributed by atoms with E-state index < -0.39 is 23.2 Å². The van der Waals surface area contributed by atoms with E-state index in [9.17, 15) is 10.2 Å². The second-order valence-electron chi connectivity index (χ2n) is 5.45. The van der Waals surface area contributed by atoms with Crippen LogP contribution in [0.1, 0.15) is 32.6 Å². The maximum Gasteiger partial charge on any atom is -1.00 e. The van der Waals surface area contributed by atoms with Gasteiger partial charge in [0.25, 0.3) is 0 Å². The Balaban J connectivity index is 0.00000110. The van der Waals surface area contributed by atoms with E-state index in [2.05, 4.69) is 19.1 Å². The molecule has 0 bridgehead atoms. The number of aliphatic hydroxyl groups is 2. The molecule has 0 radical (unpaired) electrons. The molecule has 2 nitrogen and oxygen atoms in total. The van der Waals surface area contributed by atoms with Crippen molar-refractivity contribution in [3.63, 3.8) is 0 Å². The molecule has 0 saturated carbocycles. The van der Waals surface area contributed by atoms with Gasteiger partial charge in [-0.25, -0.2) is 0 Å². The van der Waals surface area contributed by atoms with E-state index in [0.29, 0.717) is 5.92 Å². The van der Waals surface area contributed by atoms with Gasteiger partial charge in [-0.15, -0.1) is 0 Å². The SMILES string of the molecule is CC1C2=[C](CC=C2CCO)[Zr+2][C]2=C1C(CCO)=CC2.[Cl-].[Cl-]. The largest absolute Gasteiger partial charge is 1.00 e. The van der Waals surface area contributed by atoms with Crippen LogP contribution < -0.4 is 24.8 Å². The molecule has 114 valence electrons. The van der Waals surface area contributed by atoms with Gasteiger partial charge in [0.15, 0.2) is 0 Å². The third-order valence-electron chi connectivity index (χ3n) is 4.38. The van der Waals surface area contributed by atoms with Gasteiger partial charge < -0.3 is 24.8 Å². The molecule has 2 N–H and O–H groups in total. The Hall–Kier alpha value is 0.343. The average Bonchev–Trinajstić information content (AvgIpc) is 2.96. The first-order valence-electron chi connectivity index (χ1n) is 7.10. The molecular weight excluding hydrogens is 386 g/mol. The molecule has 0 spiro atoms. The van der Waals surface area contributed by atoms with Crippen LogP contribution in [0.4, 0.5) is 0 Å². The van der Waals surface area contributed by atoms with Crippen LogP contribution in [0.15, 0.2) is 41.0 Å². The summed E-state index contributed by atoms with van der Waals surface area (Å²) in [5.41, 5.74) is 5.91. The van der Waals surface area contributed by atoms with Crippen molar-refractivity contribution < 1.29 is 58.3 Å². The topological polar surface area (TPSA) is 40.5 Å². The molecule has 2 aliphatic carbocycles. The zero-order valence-electron chi connectivity index (χ0n) is 12.1. The van der Waals surface area contributed by atoms with Gasteiger partial charge in [0.1, 0.15) is 0 Å². The summed E-state index contributed by atoms with van der Waals surface area (Å²) in [5, 5.41) is 18.4. The summed E-state index contributed by atoms with van der Waals surface area (Å²) in [6.07, 6.45) is 8.60. The third-order valence-corrected chi connectivity index (χ3v) is 8.19. The normalized spacial score (nSPS) is 19.8. The summed E-state index contributed by atoms with van der Waals surface area (Å²) in [7, 11) is 0. The van der Waals surface area contributed by atoms with Crippen LogP contribution in [-0.2, 0) is 23.2 Å². The molecule has 5 heteroatoms. The third kappa shape index (κ3) is 3.48. The second kappa shape index (κ2) is 8.27. The van der Waals surface area contributed by atoms with Gasteiger partial charge in [-0.2, -0.15) is 0 Å². The van der Waals surface area contributed by atoms with E-state index >= 15 is 0 Å². The van der Waals surface area contributed by atoms with E-state index in [1.54, 1.807) is 17.7 Å². The van der Waals surface area contributed by atoms with E-state index in [4.69, 9.17) is 0 Å². The Labute approximate surface area is 150 Å². The fourth-order valence-electron chi connectivity index (χ4n) is 3.63. The maximum atomic E-state index is 9.22. The number of aliphatic hydroxyl groups excluding tert-OH is 2. The molecule has 0 aromatic carbocycles. The van der Waals surface area contributed by atoms with Gasteiger partial charge in [0.2, 0.25) is 0 Å². The summed E-state index contributed by atoms with van der Waals surface area (Å²) in [6.45, 7) is 2.83. The van der Waals surface area contributed by atoms with Gasteiger partial charge in [-0.3, -0.25) is 0 Å². The molecule has 3 rings (SSSR count). The first-order chi connectivity index (χ1) is 9.26. The standard InChI is InChI=1S/C16H20O2.2ClH.Zr/c1-12(15-6-2-4-13(15)8-10-17)16-7-3-5-14(16)9-11-18;;;/h4-5,12,17-18H,2-3,8-11H2,1H3;2*1H;/q;;;+2/p-2. The van der Waals surface area contributed by atoms with E-state index in [1.165, 1.54) is 11.1 Å². The molecule has 0 aromatic rings. The molecule has 0 amide bonds. The van der Waals surface area contributed by atoms with Crippen LogP contribution in [0.2, 0.25) is 0 Å². The molecule has 0 atom stereocenters. The van der Waals surface area contributed by atoms with Crippen molar-refractivity contribution in [1.29, 1.82) is 0 Å². The number of hydrogen-bond donors (Lipinski definition) is 2. The fraction of sp³-hybridized carbons (Fsp3) is 0.500. The first-order valence-corrected chi connectivity index (χ1v) is 9.55. The van der Waals surface area contributed by atoms with Crippen LogP contribution in [0.3, 0.4) is 0 Å². The second-order valence-corrected chi connectivity index (χ2v) is 9.03. The predicted octanol–water partition coefficient (Wildman–Crippen LogP) is -3.34. The Morgan fingerprint density at radius 2 is 1.38 bits per heavy atom. The van der Waals surface area contributed by atoms with Gasteiger partial charge in [0, 0.05) is 0 Å². The molecule has 0 aromatic heterocycles. The molecule has 1 heterocycles. The van der Waals surface area contributed by atoms with Crippen LogP contribution in [0, 0.1) is 5.92 Å². The molecular formula is C16H20Cl2O2Zr. The monoisotopic (exact) mass is 404 g/mol. The van der Waals surface area contributed by atoms with E-state index in [1.807, 2.05) is 0 Å². The Bertz CT molecular complexity index is 486. The summed E-state index contributed by atoms with van der Waals surface area (Å²) in [5.74, 6) is 0.486. The van der Waals surface area contributed by atoms with Crippen molar-refractivity contribution in [2.45, 2.75) is 32.6 Å². The van der Waals surface area contributed by atoms with Crippen molar-refractivity contribution >= 4 is 0 Å². The molecule has 3 aliphatic rings. The zero-order valence-corrected chi connectivity index (χ0v) is 16.1. The quantitative estimate of drug-likeness (QED) is 0.513. The average molecular weight is 406 g/mol. The fourth-order valence-corrected chi connectivity index (χ4v) is 8.05. The molecule has 0 unspecified atom stereocenters. The number of rotatable bonds is 4. The minimum Gasteiger partial charge on any atom is -1.00 e. The van der Waals surface area contributed by atoms with Crippen LogP contribution in [0.5, 0.6) is 0 Å². The molecule has 21 heavy (non-hydrogen) atoms. The van der Waals surface area contributed by atoms with Gasteiger partial charge in [-0.05, 0) is 0 Å². The van der Waals surface area contributed by atoms with Crippen molar-refractivity contribution in [3.05, 3.63) is 41.0 Å². The van der Waals surface area contributed by atoms with E-state index in [-0.39, 0.29) is 38.0 Å². The van der Waals surface area contributed by atoms with Crippen LogP contribution >= 0.6 is 0 Å². The molecule has 1 aliphatic heterocycles. The zero-order chi connectivity index (χ0) is 13.4. The minimum absolute atomic E-state index is 0. The first kappa shape index (κ1) is 19.4. The Kier molecular flexibility index (Phi) is 7.63. The number of allylic oxidation sites excluding steroid dienone is 6. The summed E-state index contributed by atoms with van der Waals surface area (Å²) in [4.78, 5) is 0. The summed E-state index contributed by atoms with van der Waals surface area (Å²) < 4.78 is 3.47. The van der Waals surface area contributed by atoms with Crippen LogP contribution in [0.25, 0.3) is 0 Å². The molecule has 0 saturated heterocycles. The number of hydrogen-bond acceptors (Lipinski definition) is 2. The maximum absolute atomic E-state index is 9.22. The smallest absolute Gasteiger partial charge is 1.00 e. The van der Waals surface area contributed by atoms with Crippen LogP contribution in [-0.4, -0.2) is 23.4 Å². The van der Waals surface area contributed by atoms with Gasteiger partial charge in [0.05, 0.1) is 0 Å². The predicted molar refractivity (Wildman–Crippen MR) is 72.0 cm³/mol.